The molecule has 0 rings (SSSR count). The van der Waals surface area contributed by atoms with E-state index in [9.17, 15) is 25.2 Å². The van der Waals surface area contributed by atoms with Crippen molar-refractivity contribution in [3.05, 3.63) is 0 Å². The Balaban J connectivity index is 0. The van der Waals surface area contributed by atoms with Crippen LogP contribution >= 0.6 is 7.81 Å². The molecule has 8 heteroatoms. The van der Waals surface area contributed by atoms with Gasteiger partial charge in [0.15, 0.2) is 0 Å². The van der Waals surface area contributed by atoms with Crippen LogP contribution in [0.3, 0.4) is 0 Å². The summed E-state index contributed by atoms with van der Waals surface area (Å²) < 4.78 is 59.2. The quantitative estimate of drug-likeness (QED) is 0.124. The zero-order valence-electron chi connectivity index (χ0n) is 15.3. The standard InChI is InChI=1S/C16H35S.F6P/c1-4-7-10-12-15-17(14-9-6-3)16-13-11-8-5-2;1-7(2,3,4,5)6/h4-16H2,1-3H3;/q+1;-1. The monoisotopic (exact) mass is 404 g/mol. The summed E-state index contributed by atoms with van der Waals surface area (Å²) in [5.41, 5.74) is 0. The molecule has 0 unspecified atom stereocenters. The van der Waals surface area contributed by atoms with Gasteiger partial charge in [0.2, 0.25) is 0 Å². The molecule has 152 valence electrons. The Labute approximate surface area is 146 Å². The van der Waals surface area contributed by atoms with Crippen molar-refractivity contribution in [3.8, 4) is 0 Å². The molecule has 0 aliphatic rings. The molecule has 0 fully saturated rings. The van der Waals surface area contributed by atoms with E-state index in [4.69, 9.17) is 0 Å². The zero-order chi connectivity index (χ0) is 19.2. The molecule has 0 heterocycles. The molecular weight excluding hydrogens is 369 g/mol. The summed E-state index contributed by atoms with van der Waals surface area (Å²) >= 11 is 0. The van der Waals surface area contributed by atoms with Gasteiger partial charge in [-0.05, 0) is 43.0 Å². The average molecular weight is 404 g/mol. The van der Waals surface area contributed by atoms with E-state index < -0.39 is 7.81 Å². The van der Waals surface area contributed by atoms with Gasteiger partial charge in [-0.2, -0.15) is 0 Å². The first-order valence-corrected chi connectivity index (χ1v) is 12.8. The fourth-order valence-corrected chi connectivity index (χ4v) is 4.65. The molecule has 0 spiro atoms. The van der Waals surface area contributed by atoms with Crippen molar-refractivity contribution in [2.45, 2.75) is 85.0 Å². The Hall–Kier alpha value is 0.360. The second-order valence-corrected chi connectivity index (χ2v) is 10.5. The van der Waals surface area contributed by atoms with Crippen molar-refractivity contribution in [1.29, 1.82) is 0 Å². The van der Waals surface area contributed by atoms with Crippen LogP contribution in [-0.4, -0.2) is 17.3 Å². The van der Waals surface area contributed by atoms with Crippen LogP contribution in [0, 0.1) is 0 Å². The average Bonchev–Trinajstić information content (AvgIpc) is 2.41. The molecule has 0 aliphatic carbocycles. The Morgan fingerprint density at radius 1 is 0.500 bits per heavy atom. The SMILES string of the molecule is CCCCCC[S+](CCCC)CCCCCC.F[P-](F)(F)(F)(F)F. The predicted molar refractivity (Wildman–Crippen MR) is 98.7 cm³/mol. The second-order valence-electron chi connectivity index (χ2n) is 6.16. The number of hydrogen-bond donors (Lipinski definition) is 0. The molecule has 0 N–H and O–H groups in total. The topological polar surface area (TPSA) is 0 Å². The molecule has 0 saturated carbocycles. The van der Waals surface area contributed by atoms with E-state index in [-0.39, 0.29) is 0 Å². The van der Waals surface area contributed by atoms with Crippen LogP contribution in [-0.2, 0) is 10.9 Å². The van der Waals surface area contributed by atoms with Crippen LogP contribution in [0.25, 0.3) is 0 Å². The fraction of sp³-hybridized carbons (Fsp3) is 1.00. The summed E-state index contributed by atoms with van der Waals surface area (Å²) in [6, 6.07) is 0. The third-order valence-electron chi connectivity index (χ3n) is 3.36. The number of hydrogen-bond acceptors (Lipinski definition) is 0. The zero-order valence-corrected chi connectivity index (χ0v) is 17.0. The molecule has 0 saturated heterocycles. The first kappa shape index (κ1) is 26.6. The van der Waals surface area contributed by atoms with Gasteiger partial charge in [-0.1, -0.05) is 52.9 Å². The van der Waals surface area contributed by atoms with Crippen LogP contribution in [0.5, 0.6) is 0 Å². The van der Waals surface area contributed by atoms with E-state index >= 15 is 0 Å². The van der Waals surface area contributed by atoms with E-state index in [1.807, 2.05) is 0 Å². The minimum absolute atomic E-state index is 0.769. The van der Waals surface area contributed by atoms with Crippen LogP contribution < -0.4 is 0 Å². The number of rotatable bonds is 13. The fourth-order valence-electron chi connectivity index (χ4n) is 2.12. The molecule has 0 aromatic heterocycles. The van der Waals surface area contributed by atoms with Gasteiger partial charge in [0.05, 0.1) is 0 Å². The molecule has 0 amide bonds. The molecule has 0 nitrogen and oxygen atoms in total. The van der Waals surface area contributed by atoms with Crippen molar-refractivity contribution in [3.63, 3.8) is 0 Å². The normalized spacial score (nSPS) is 14.8. The Bertz CT molecular complexity index is 267. The summed E-state index contributed by atoms with van der Waals surface area (Å²) in [5, 5.41) is 0. The number of unbranched alkanes of at least 4 members (excludes halogenated alkanes) is 7. The number of halogens is 6. The maximum atomic E-state index is 9.87. The molecule has 0 atom stereocenters. The predicted octanol–water partition coefficient (Wildman–Crippen LogP) is 8.95. The van der Waals surface area contributed by atoms with E-state index in [2.05, 4.69) is 20.8 Å². The van der Waals surface area contributed by atoms with Crippen LogP contribution in [0.1, 0.15) is 85.0 Å². The van der Waals surface area contributed by atoms with Gasteiger partial charge in [-0.15, -0.1) is 0 Å². The van der Waals surface area contributed by atoms with E-state index in [0.29, 0.717) is 0 Å². The minimum atomic E-state index is -10.7. The van der Waals surface area contributed by atoms with E-state index in [1.165, 1.54) is 81.5 Å². The maximum absolute atomic E-state index is 10.7. The van der Waals surface area contributed by atoms with Crippen molar-refractivity contribution in [1.82, 2.24) is 0 Å². The summed E-state index contributed by atoms with van der Waals surface area (Å²) in [7, 11) is -9.89. The third kappa shape index (κ3) is 38.1. The van der Waals surface area contributed by atoms with E-state index in [0.717, 1.165) is 10.9 Å². The van der Waals surface area contributed by atoms with Gasteiger partial charge in [-0.25, -0.2) is 0 Å². The molecular formula is C16H35F6PS. The van der Waals surface area contributed by atoms with Gasteiger partial charge in [0.25, 0.3) is 0 Å². The molecule has 0 bridgehead atoms. The van der Waals surface area contributed by atoms with Crippen LogP contribution in [0.15, 0.2) is 0 Å². The molecule has 24 heavy (non-hydrogen) atoms. The summed E-state index contributed by atoms with van der Waals surface area (Å²) in [6.45, 7) is 6.94. The Morgan fingerprint density at radius 2 is 0.792 bits per heavy atom. The molecule has 0 aromatic rings. The Morgan fingerprint density at radius 3 is 1.08 bits per heavy atom. The van der Waals surface area contributed by atoms with Crippen molar-refractivity contribution < 1.29 is 25.2 Å². The second kappa shape index (κ2) is 11.9. The molecule has 0 radical (unpaired) electrons. The Kier molecular flexibility index (Phi) is 13.2. The van der Waals surface area contributed by atoms with Gasteiger partial charge in [-0.3, -0.25) is 0 Å². The summed E-state index contributed by atoms with van der Waals surface area (Å²) in [6.07, 6.45) is 14.4. The van der Waals surface area contributed by atoms with Gasteiger partial charge in [0.1, 0.15) is 17.3 Å². The van der Waals surface area contributed by atoms with Crippen molar-refractivity contribution in [2.75, 3.05) is 17.3 Å². The van der Waals surface area contributed by atoms with Gasteiger partial charge in [0, 0.05) is 0 Å². The summed E-state index contributed by atoms with van der Waals surface area (Å²) in [5.74, 6) is 4.59. The summed E-state index contributed by atoms with van der Waals surface area (Å²) in [4.78, 5) is 0. The van der Waals surface area contributed by atoms with Crippen molar-refractivity contribution in [2.24, 2.45) is 0 Å². The molecule has 0 aromatic carbocycles. The first-order valence-electron chi connectivity index (χ1n) is 9.00. The molecule has 0 aliphatic heterocycles. The van der Waals surface area contributed by atoms with Crippen LogP contribution in [0.2, 0.25) is 0 Å². The van der Waals surface area contributed by atoms with E-state index in [1.54, 1.807) is 0 Å². The van der Waals surface area contributed by atoms with Gasteiger partial charge < -0.3 is 0 Å². The van der Waals surface area contributed by atoms with Gasteiger partial charge >= 0.3 is 33.0 Å². The first-order chi connectivity index (χ1) is 10.8. The van der Waals surface area contributed by atoms with Crippen molar-refractivity contribution >= 4 is 18.7 Å². The third-order valence-corrected chi connectivity index (χ3v) is 5.96. The van der Waals surface area contributed by atoms with Crippen LogP contribution in [0.4, 0.5) is 25.2 Å².